The van der Waals surface area contributed by atoms with Crippen LogP contribution in [0.1, 0.15) is 26.7 Å². The van der Waals surface area contributed by atoms with Crippen molar-refractivity contribution in [3.05, 3.63) is 0 Å². The molecule has 20 heavy (non-hydrogen) atoms. The van der Waals surface area contributed by atoms with Gasteiger partial charge in [-0.1, -0.05) is 13.3 Å². The van der Waals surface area contributed by atoms with E-state index in [9.17, 15) is 19.5 Å². The molecule has 0 aromatic heterocycles. The summed E-state index contributed by atoms with van der Waals surface area (Å²) in [6.45, 7) is 3.44. The lowest BCUT2D eigenvalue weighted by Gasteiger charge is -2.14. The highest BCUT2D eigenvalue weighted by Crippen LogP contribution is 2.07. The van der Waals surface area contributed by atoms with Crippen molar-refractivity contribution in [1.29, 1.82) is 0 Å². The van der Waals surface area contributed by atoms with Gasteiger partial charge in [-0.05, 0) is 6.42 Å². The number of hydrogen-bond donors (Lipinski definition) is 3. The van der Waals surface area contributed by atoms with Crippen LogP contribution in [0.2, 0.25) is 0 Å². The van der Waals surface area contributed by atoms with E-state index in [-0.39, 0.29) is 18.1 Å². The molecule has 0 fully saturated rings. The summed E-state index contributed by atoms with van der Waals surface area (Å²) in [6.07, 6.45) is 0.327. The molecular formula is C12H21NO6S. The second-order valence-electron chi connectivity index (χ2n) is 4.17. The summed E-state index contributed by atoms with van der Waals surface area (Å²) in [4.78, 5) is 33.0. The van der Waals surface area contributed by atoms with E-state index in [4.69, 9.17) is 9.84 Å². The van der Waals surface area contributed by atoms with Crippen LogP contribution in [0.5, 0.6) is 0 Å². The van der Waals surface area contributed by atoms with Gasteiger partial charge in [-0.3, -0.25) is 4.79 Å². The van der Waals surface area contributed by atoms with Crippen molar-refractivity contribution in [2.75, 3.05) is 18.1 Å². The second-order valence-corrected chi connectivity index (χ2v) is 5.24. The third-order valence-electron chi connectivity index (χ3n) is 2.25. The molecular weight excluding hydrogens is 286 g/mol. The molecule has 8 heteroatoms. The minimum Gasteiger partial charge on any atom is -0.480 e. The van der Waals surface area contributed by atoms with Crippen molar-refractivity contribution >= 4 is 29.6 Å². The predicted molar refractivity (Wildman–Crippen MR) is 74.4 cm³/mol. The van der Waals surface area contributed by atoms with Crippen LogP contribution in [-0.4, -0.2) is 58.3 Å². The topological polar surface area (TPSA) is 113 Å². The van der Waals surface area contributed by atoms with Gasteiger partial charge in [0.15, 0.2) is 6.10 Å². The first kappa shape index (κ1) is 18.7. The molecule has 0 bridgehead atoms. The van der Waals surface area contributed by atoms with Gasteiger partial charge in [-0.25, -0.2) is 9.59 Å². The number of carboxylic acids is 1. The normalized spacial score (nSPS) is 13.3. The SMILES string of the molecule is CCCCOC(=O)C(O)CSC[C@H](NC(C)=O)C(=O)O. The highest BCUT2D eigenvalue weighted by Gasteiger charge is 2.21. The molecule has 2 atom stereocenters. The Balaban J connectivity index is 3.98. The fourth-order valence-electron chi connectivity index (χ4n) is 1.20. The van der Waals surface area contributed by atoms with Crippen molar-refractivity contribution < 1.29 is 29.3 Å². The fraction of sp³-hybridized carbons (Fsp3) is 0.750. The summed E-state index contributed by atoms with van der Waals surface area (Å²) in [7, 11) is 0. The zero-order valence-corrected chi connectivity index (χ0v) is 12.4. The van der Waals surface area contributed by atoms with Crippen LogP contribution >= 0.6 is 11.8 Å². The summed E-state index contributed by atoms with van der Waals surface area (Å²) < 4.78 is 4.83. The van der Waals surface area contributed by atoms with Gasteiger partial charge in [-0.15, -0.1) is 0 Å². The Morgan fingerprint density at radius 3 is 2.45 bits per heavy atom. The third kappa shape index (κ3) is 8.76. The van der Waals surface area contributed by atoms with E-state index in [0.717, 1.165) is 24.6 Å². The Labute approximate surface area is 122 Å². The summed E-state index contributed by atoms with van der Waals surface area (Å²) in [6, 6.07) is -1.04. The number of amides is 1. The summed E-state index contributed by atoms with van der Waals surface area (Å²) in [5.41, 5.74) is 0. The van der Waals surface area contributed by atoms with Crippen LogP contribution in [0.4, 0.5) is 0 Å². The number of carboxylic acid groups (broad SMARTS) is 1. The smallest absolute Gasteiger partial charge is 0.335 e. The van der Waals surface area contributed by atoms with E-state index in [1.165, 1.54) is 6.92 Å². The largest absolute Gasteiger partial charge is 0.480 e. The maximum Gasteiger partial charge on any atom is 0.335 e. The summed E-state index contributed by atoms with van der Waals surface area (Å²) in [5, 5.41) is 20.6. The number of nitrogens with one attached hydrogen (secondary N) is 1. The summed E-state index contributed by atoms with van der Waals surface area (Å²) >= 11 is 1.06. The van der Waals surface area contributed by atoms with Crippen molar-refractivity contribution in [2.45, 2.75) is 38.8 Å². The summed E-state index contributed by atoms with van der Waals surface area (Å²) in [5.74, 6) is -2.23. The molecule has 0 aromatic rings. The van der Waals surface area contributed by atoms with Gasteiger partial charge in [0.1, 0.15) is 6.04 Å². The van der Waals surface area contributed by atoms with Crippen LogP contribution in [0, 0.1) is 0 Å². The number of aliphatic carboxylic acids is 1. The molecule has 0 saturated carbocycles. The van der Waals surface area contributed by atoms with Crippen LogP contribution in [0.25, 0.3) is 0 Å². The molecule has 1 unspecified atom stereocenters. The number of hydrogen-bond acceptors (Lipinski definition) is 6. The van der Waals surface area contributed by atoms with Crippen molar-refractivity contribution in [3.8, 4) is 0 Å². The molecule has 7 nitrogen and oxygen atoms in total. The lowest BCUT2D eigenvalue weighted by molar-refractivity contribution is -0.152. The highest BCUT2D eigenvalue weighted by atomic mass is 32.2. The molecule has 0 spiro atoms. The zero-order valence-electron chi connectivity index (χ0n) is 11.6. The van der Waals surface area contributed by atoms with Gasteiger partial charge < -0.3 is 20.3 Å². The molecule has 0 radical (unpaired) electrons. The number of aliphatic hydroxyl groups excluding tert-OH is 1. The molecule has 0 rings (SSSR count). The van der Waals surface area contributed by atoms with Gasteiger partial charge in [0.2, 0.25) is 5.91 Å². The standard InChI is InChI=1S/C12H21NO6S/c1-3-4-5-19-12(18)10(15)7-20-6-9(11(16)17)13-8(2)14/h9-10,15H,3-7H2,1-2H3,(H,13,14)(H,16,17)/t9-,10?/m0/s1. The van der Waals surface area contributed by atoms with Crippen LogP contribution in [0.15, 0.2) is 0 Å². The first-order chi connectivity index (χ1) is 9.38. The Bertz CT molecular complexity index is 336. The average molecular weight is 307 g/mol. The van der Waals surface area contributed by atoms with Gasteiger partial charge in [0.25, 0.3) is 0 Å². The quantitative estimate of drug-likeness (QED) is 0.385. The number of unbranched alkanes of at least 4 members (excludes halogenated alkanes) is 1. The van der Waals surface area contributed by atoms with Crippen LogP contribution < -0.4 is 5.32 Å². The molecule has 0 saturated heterocycles. The molecule has 116 valence electrons. The van der Waals surface area contributed by atoms with Crippen molar-refractivity contribution in [1.82, 2.24) is 5.32 Å². The van der Waals surface area contributed by atoms with Crippen LogP contribution in [-0.2, 0) is 19.1 Å². The van der Waals surface area contributed by atoms with Crippen molar-refractivity contribution in [3.63, 3.8) is 0 Å². The minimum absolute atomic E-state index is 0.0221. The number of carbonyl (C=O) groups is 3. The van der Waals surface area contributed by atoms with Crippen molar-refractivity contribution in [2.24, 2.45) is 0 Å². The third-order valence-corrected chi connectivity index (χ3v) is 3.37. The van der Waals surface area contributed by atoms with E-state index in [1.54, 1.807) is 0 Å². The number of thioether (sulfide) groups is 1. The highest BCUT2D eigenvalue weighted by molar-refractivity contribution is 7.99. The molecule has 0 aliphatic rings. The molecule has 3 N–H and O–H groups in total. The molecule has 1 amide bonds. The second kappa shape index (κ2) is 10.5. The number of aliphatic hydroxyl groups is 1. The fourth-order valence-corrected chi connectivity index (χ4v) is 2.16. The molecule has 0 heterocycles. The van der Waals surface area contributed by atoms with Gasteiger partial charge >= 0.3 is 11.9 Å². The first-order valence-electron chi connectivity index (χ1n) is 6.30. The first-order valence-corrected chi connectivity index (χ1v) is 7.46. The monoisotopic (exact) mass is 307 g/mol. The number of ether oxygens (including phenoxy) is 1. The number of carbonyl (C=O) groups excluding carboxylic acids is 2. The molecule has 0 aromatic carbocycles. The van der Waals surface area contributed by atoms with Gasteiger partial charge in [0.05, 0.1) is 6.61 Å². The Hall–Kier alpha value is -1.28. The number of rotatable bonds is 10. The maximum absolute atomic E-state index is 11.3. The molecule has 0 aliphatic carbocycles. The predicted octanol–water partition coefficient (Wildman–Crippen LogP) is 0.0131. The van der Waals surface area contributed by atoms with E-state index < -0.39 is 30.0 Å². The Kier molecular flexibility index (Phi) is 9.83. The Morgan fingerprint density at radius 1 is 1.30 bits per heavy atom. The van der Waals surface area contributed by atoms with Gasteiger partial charge in [-0.2, -0.15) is 11.8 Å². The lowest BCUT2D eigenvalue weighted by Crippen LogP contribution is -2.41. The number of esters is 1. The zero-order chi connectivity index (χ0) is 15.5. The van der Waals surface area contributed by atoms with E-state index in [1.807, 2.05) is 6.92 Å². The Morgan fingerprint density at radius 2 is 1.95 bits per heavy atom. The minimum atomic E-state index is -1.29. The van der Waals surface area contributed by atoms with Crippen LogP contribution in [0.3, 0.4) is 0 Å². The van der Waals surface area contributed by atoms with E-state index >= 15 is 0 Å². The van der Waals surface area contributed by atoms with Gasteiger partial charge in [0, 0.05) is 18.4 Å². The van der Waals surface area contributed by atoms with E-state index in [2.05, 4.69) is 5.32 Å². The lowest BCUT2D eigenvalue weighted by atomic mass is 10.3. The van der Waals surface area contributed by atoms with E-state index in [0.29, 0.717) is 0 Å². The molecule has 0 aliphatic heterocycles. The maximum atomic E-state index is 11.3. The average Bonchev–Trinajstić information content (AvgIpc) is 2.36.